The third-order valence-corrected chi connectivity index (χ3v) is 2.70. The molecule has 5 nitrogen and oxygen atoms in total. The van der Waals surface area contributed by atoms with E-state index in [1.54, 1.807) is 6.92 Å². The molecule has 0 aliphatic heterocycles. The Hall–Kier alpha value is -1.17. The minimum atomic E-state index is -5.16. The number of alkyl halides is 3. The number of halogens is 3. The molecule has 0 fully saturated rings. The van der Waals surface area contributed by atoms with E-state index in [2.05, 4.69) is 4.74 Å². The second-order valence-electron chi connectivity index (χ2n) is 3.15. The van der Waals surface area contributed by atoms with Crippen molar-refractivity contribution in [1.82, 2.24) is 5.32 Å². The molecule has 1 N–H and O–H groups in total. The molecular weight excluding hydrogens is 262 g/mol. The van der Waals surface area contributed by atoms with Gasteiger partial charge in [0, 0.05) is 0 Å². The molecule has 0 saturated carbocycles. The van der Waals surface area contributed by atoms with Gasteiger partial charge in [0.25, 0.3) is 0 Å². The molecule has 0 aromatic rings. The molecule has 0 aromatic carbocycles. The van der Waals surface area contributed by atoms with Crippen LogP contribution in [0.2, 0.25) is 0 Å². The number of hydrogen-bond acceptors (Lipinski definition) is 4. The minimum Gasteiger partial charge on any atom is -0.467 e. The third-order valence-electron chi connectivity index (χ3n) is 1.87. The van der Waals surface area contributed by atoms with Crippen LogP contribution in [0.15, 0.2) is 0 Å². The number of methoxy groups -OCH3 is 1. The van der Waals surface area contributed by atoms with Gasteiger partial charge in [0.05, 0.1) is 7.11 Å². The molecule has 0 radical (unpaired) electrons. The average Bonchev–Trinajstić information content (AvgIpc) is 2.25. The Kier molecular flexibility index (Phi) is 5.54. The second-order valence-corrected chi connectivity index (χ2v) is 4.09. The summed E-state index contributed by atoms with van der Waals surface area (Å²) < 4.78 is 51.3. The van der Waals surface area contributed by atoms with Gasteiger partial charge < -0.3 is 10.1 Å². The van der Waals surface area contributed by atoms with Crippen molar-refractivity contribution in [2.75, 3.05) is 7.11 Å². The van der Waals surface area contributed by atoms with Crippen LogP contribution < -0.4 is 5.32 Å². The Labute approximate surface area is 96.9 Å². The van der Waals surface area contributed by atoms with Crippen molar-refractivity contribution in [3.63, 3.8) is 0 Å². The summed E-state index contributed by atoms with van der Waals surface area (Å²) in [6.07, 6.45) is -5.15. The summed E-state index contributed by atoms with van der Waals surface area (Å²) in [6, 6.07) is 0. The molecule has 0 bridgehead atoms. The van der Waals surface area contributed by atoms with Crippen molar-refractivity contribution in [2.24, 2.45) is 0 Å². The second kappa shape index (κ2) is 5.95. The monoisotopic (exact) mass is 273 g/mol. The van der Waals surface area contributed by atoms with Gasteiger partial charge in [-0.05, 0) is 6.42 Å². The van der Waals surface area contributed by atoms with E-state index >= 15 is 0 Å². The lowest BCUT2D eigenvalue weighted by Crippen LogP contribution is -2.54. The molecular formula is C8H11F3NO4P. The highest BCUT2D eigenvalue weighted by Crippen LogP contribution is 2.29. The first kappa shape index (κ1) is 15.8. The van der Waals surface area contributed by atoms with Gasteiger partial charge in [-0.25, -0.2) is 4.79 Å². The molecule has 98 valence electrons. The maximum absolute atomic E-state index is 12.1. The van der Waals surface area contributed by atoms with Crippen molar-refractivity contribution in [2.45, 2.75) is 31.2 Å². The maximum Gasteiger partial charge on any atom is 0.471 e. The average molecular weight is 273 g/mol. The molecule has 9 heteroatoms. The topological polar surface area (TPSA) is 72.5 Å². The van der Waals surface area contributed by atoms with Crippen LogP contribution in [0.1, 0.15) is 19.8 Å². The molecule has 0 heterocycles. The van der Waals surface area contributed by atoms with Crippen LogP contribution >= 0.6 is 8.46 Å². The van der Waals surface area contributed by atoms with Gasteiger partial charge >= 0.3 is 18.1 Å². The van der Waals surface area contributed by atoms with Crippen LogP contribution in [0, 0.1) is 0 Å². The number of nitrogens with one attached hydrogen (secondary N) is 1. The molecule has 0 rings (SSSR count). The van der Waals surface area contributed by atoms with E-state index in [0.717, 1.165) is 7.11 Å². The van der Waals surface area contributed by atoms with Gasteiger partial charge in [-0.3, -0.25) is 9.36 Å². The summed E-state index contributed by atoms with van der Waals surface area (Å²) in [5.41, 5.74) is 0. The lowest BCUT2D eigenvalue weighted by atomic mass is 10.1. The number of carbonyl (C=O) groups excluding carboxylic acids is 2. The summed E-state index contributed by atoms with van der Waals surface area (Å²) >= 11 is 0. The molecule has 0 aromatic heterocycles. The van der Waals surface area contributed by atoms with Crippen LogP contribution in [0.3, 0.4) is 0 Å². The fourth-order valence-electron chi connectivity index (χ4n) is 1.11. The Morgan fingerprint density at radius 1 is 1.35 bits per heavy atom. The Balaban J connectivity index is 5.13. The van der Waals surface area contributed by atoms with Gasteiger partial charge in [0.15, 0.2) is 8.46 Å². The molecule has 0 saturated heterocycles. The predicted octanol–water partition coefficient (Wildman–Crippen LogP) is 1.63. The van der Waals surface area contributed by atoms with E-state index < -0.39 is 31.8 Å². The van der Waals surface area contributed by atoms with Gasteiger partial charge in [-0.2, -0.15) is 13.2 Å². The van der Waals surface area contributed by atoms with E-state index in [1.807, 2.05) is 0 Å². The fourth-order valence-corrected chi connectivity index (χ4v) is 1.74. The largest absolute Gasteiger partial charge is 0.471 e. The molecule has 0 spiro atoms. The summed E-state index contributed by atoms with van der Waals surface area (Å²) in [5.74, 6) is -3.52. The van der Waals surface area contributed by atoms with Crippen molar-refractivity contribution in [1.29, 1.82) is 0 Å². The summed E-state index contributed by atoms with van der Waals surface area (Å²) in [7, 11) is -0.0262. The van der Waals surface area contributed by atoms with E-state index in [1.165, 1.54) is 5.32 Å². The smallest absolute Gasteiger partial charge is 0.467 e. The van der Waals surface area contributed by atoms with Crippen LogP contribution in [0.5, 0.6) is 0 Å². The Bertz CT molecular complexity index is 320. The summed E-state index contributed by atoms with van der Waals surface area (Å²) in [5, 5.41) is -0.776. The molecule has 0 aliphatic rings. The van der Waals surface area contributed by atoms with Crippen molar-refractivity contribution in [3.8, 4) is 0 Å². The van der Waals surface area contributed by atoms with Gasteiger partial charge in [0.2, 0.25) is 5.28 Å². The molecule has 17 heavy (non-hydrogen) atoms. The van der Waals surface area contributed by atoms with Crippen LogP contribution in [-0.2, 0) is 18.9 Å². The quantitative estimate of drug-likeness (QED) is 0.610. The van der Waals surface area contributed by atoms with E-state index in [0.29, 0.717) is 0 Å². The first-order valence-electron chi connectivity index (χ1n) is 4.55. The van der Waals surface area contributed by atoms with Crippen molar-refractivity contribution in [3.05, 3.63) is 0 Å². The van der Waals surface area contributed by atoms with Gasteiger partial charge in [-0.15, -0.1) is 0 Å². The lowest BCUT2D eigenvalue weighted by molar-refractivity contribution is -0.176. The zero-order valence-electron chi connectivity index (χ0n) is 9.13. The number of rotatable bonds is 5. The Morgan fingerprint density at radius 2 is 1.88 bits per heavy atom. The molecule has 1 unspecified atom stereocenters. The number of esters is 1. The maximum atomic E-state index is 12.1. The summed E-state index contributed by atoms with van der Waals surface area (Å²) in [4.78, 5) is 22.1. The highest BCUT2D eigenvalue weighted by Gasteiger charge is 2.48. The van der Waals surface area contributed by atoms with Gasteiger partial charge in [-0.1, -0.05) is 13.3 Å². The number of amides is 1. The number of hydrogen-bond donors (Lipinski definition) is 1. The standard InChI is InChI=1S/C8H11F3NO4P/c1-3-4-7(17-15,6(14)16-2)12-5(13)8(9,10)11/h3-4H2,1-2H3,(H,12,13). The fraction of sp³-hybridized carbons (Fsp3) is 0.750. The predicted molar refractivity (Wildman–Crippen MR) is 51.5 cm³/mol. The normalized spacial score (nSPS) is 15.1. The van der Waals surface area contributed by atoms with E-state index in [-0.39, 0.29) is 12.8 Å². The lowest BCUT2D eigenvalue weighted by Gasteiger charge is -2.25. The van der Waals surface area contributed by atoms with Crippen LogP contribution in [0.4, 0.5) is 13.2 Å². The van der Waals surface area contributed by atoms with Crippen molar-refractivity contribution >= 4 is 20.3 Å². The van der Waals surface area contributed by atoms with Crippen LogP contribution in [0.25, 0.3) is 0 Å². The zero-order valence-corrected chi connectivity index (χ0v) is 10.0. The van der Waals surface area contributed by atoms with E-state index in [9.17, 15) is 27.3 Å². The van der Waals surface area contributed by atoms with Crippen LogP contribution in [-0.4, -0.2) is 30.4 Å². The Morgan fingerprint density at radius 3 is 2.18 bits per heavy atom. The van der Waals surface area contributed by atoms with Crippen molar-refractivity contribution < 1.29 is 32.1 Å². The zero-order chi connectivity index (χ0) is 13.7. The molecule has 0 aliphatic carbocycles. The molecule has 1 amide bonds. The van der Waals surface area contributed by atoms with Gasteiger partial charge in [0.1, 0.15) is 0 Å². The SMILES string of the molecule is CCCC(NC(=O)C(F)(F)F)(P=O)C(=O)OC. The highest BCUT2D eigenvalue weighted by molar-refractivity contribution is 7.27. The first-order valence-corrected chi connectivity index (χ1v) is 5.37. The number of ether oxygens (including phenoxy) is 1. The summed E-state index contributed by atoms with van der Waals surface area (Å²) in [6.45, 7) is 1.56. The third kappa shape index (κ3) is 3.96. The van der Waals surface area contributed by atoms with E-state index in [4.69, 9.17) is 0 Å². The highest BCUT2D eigenvalue weighted by atomic mass is 31.1. The number of carbonyl (C=O) groups is 2. The molecule has 1 atom stereocenters. The first-order chi connectivity index (χ1) is 7.73. The minimum absolute atomic E-state index is 0.230.